The van der Waals surface area contributed by atoms with Gasteiger partial charge in [0.15, 0.2) is 11.5 Å². The first-order valence-corrected chi connectivity index (χ1v) is 25.0. The number of fused-ring (bicyclic) bond motifs is 3. The Balaban J connectivity index is 0.000000230. The van der Waals surface area contributed by atoms with Crippen LogP contribution in [0.1, 0.15) is 50.7 Å². The van der Waals surface area contributed by atoms with E-state index in [0.717, 1.165) is 33.7 Å². The number of pyridine rings is 1. The molecule has 3 heterocycles. The van der Waals surface area contributed by atoms with Crippen LogP contribution in [0.15, 0.2) is 121 Å². The standard InChI is InChI=1S/C31H27N2O2.C14H16GeN.Ir/c1-19(2)21-11-9-12-22(20(3)4)29(21)33-25-15-6-5-14-24(25)32-31(33)23-13-10-18-28-30(23)35-27-17-8-7-16-26(27)34-28;1-15(2,3)13-9-10-14(16-11-13)12-7-5-4-6-8-12;/h5-12,14-20H,1-4H3;4-7,9-11H,1-3H3;/q2*-1;. The van der Waals surface area contributed by atoms with Gasteiger partial charge in [0.1, 0.15) is 0 Å². The average Bonchev–Trinajstić information content (AvgIpc) is 3.53. The average molecular weight is 923 g/mol. The van der Waals surface area contributed by atoms with E-state index in [1.807, 2.05) is 72.9 Å². The van der Waals surface area contributed by atoms with Gasteiger partial charge in [0.25, 0.3) is 0 Å². The second-order valence-electron chi connectivity index (χ2n) is 14.5. The van der Waals surface area contributed by atoms with Crippen molar-refractivity contribution in [3.05, 3.63) is 145 Å². The molecule has 0 spiro atoms. The molecule has 265 valence electrons. The van der Waals surface area contributed by atoms with Crippen LogP contribution in [0.4, 0.5) is 0 Å². The molecule has 0 amide bonds. The number of hydrogen-bond acceptors (Lipinski definition) is 4. The van der Waals surface area contributed by atoms with Gasteiger partial charge in [-0.2, -0.15) is 0 Å². The van der Waals surface area contributed by atoms with Gasteiger partial charge < -0.3 is 14.0 Å². The van der Waals surface area contributed by atoms with Crippen LogP contribution in [0.25, 0.3) is 39.4 Å². The molecule has 0 unspecified atom stereocenters. The van der Waals surface area contributed by atoms with E-state index in [-0.39, 0.29) is 20.1 Å². The van der Waals surface area contributed by atoms with Gasteiger partial charge in [-0.1, -0.05) is 81.8 Å². The minimum atomic E-state index is -1.72. The molecule has 1 radical (unpaired) electrons. The molecule has 0 N–H and O–H groups in total. The third kappa shape index (κ3) is 7.52. The summed E-state index contributed by atoms with van der Waals surface area (Å²) >= 11 is -1.72. The SMILES string of the molecule is CC(C)c1cccc(C(C)C)c1-n1c(-c2[c-]ccc3c2Oc2ccccc2O3)nc2ccccc21.[CH3][Ge]([CH3])([CH3])[c]1ccc(-c2[c-]cccc2)nc1.[Ir]. The van der Waals surface area contributed by atoms with Crippen molar-refractivity contribution in [1.82, 2.24) is 14.5 Å². The molecule has 0 atom stereocenters. The van der Waals surface area contributed by atoms with Crippen molar-refractivity contribution in [1.29, 1.82) is 0 Å². The van der Waals surface area contributed by atoms with E-state index in [9.17, 15) is 0 Å². The van der Waals surface area contributed by atoms with E-state index in [2.05, 4.69) is 115 Å². The Morgan fingerprint density at radius 3 is 1.96 bits per heavy atom. The fourth-order valence-electron chi connectivity index (χ4n) is 6.40. The summed E-state index contributed by atoms with van der Waals surface area (Å²) in [5.41, 5.74) is 8.60. The number of benzene rings is 5. The summed E-state index contributed by atoms with van der Waals surface area (Å²) in [6.07, 6.45) is 2.04. The fourth-order valence-corrected chi connectivity index (χ4v) is 8.57. The van der Waals surface area contributed by atoms with Gasteiger partial charge in [0, 0.05) is 25.8 Å². The third-order valence-electron chi connectivity index (χ3n) is 9.16. The smallest absolute Gasteiger partial charge is 0 e. The molecule has 0 saturated heterocycles. The molecule has 7 aromatic rings. The van der Waals surface area contributed by atoms with Crippen molar-refractivity contribution >= 4 is 28.7 Å². The van der Waals surface area contributed by atoms with Gasteiger partial charge in [-0.3, -0.25) is 4.98 Å². The van der Waals surface area contributed by atoms with E-state index in [0.29, 0.717) is 34.8 Å². The molecule has 1 aliphatic rings. The molecule has 0 bridgehead atoms. The normalized spacial score (nSPS) is 11.9. The van der Waals surface area contributed by atoms with Crippen LogP contribution < -0.4 is 13.9 Å². The Morgan fingerprint density at radius 1 is 0.654 bits per heavy atom. The maximum absolute atomic E-state index is 6.40. The number of hydrogen-bond donors (Lipinski definition) is 0. The van der Waals surface area contributed by atoms with Crippen molar-refractivity contribution in [2.45, 2.75) is 56.8 Å². The van der Waals surface area contributed by atoms with Gasteiger partial charge in [-0.15, -0.1) is 12.1 Å². The van der Waals surface area contributed by atoms with Crippen molar-refractivity contribution < 1.29 is 29.6 Å². The quantitative estimate of drug-likeness (QED) is 0.123. The number of ether oxygens (including phenoxy) is 2. The van der Waals surface area contributed by atoms with Gasteiger partial charge in [0.05, 0.1) is 28.4 Å². The monoisotopic (exact) mass is 924 g/mol. The summed E-state index contributed by atoms with van der Waals surface area (Å²) in [5.74, 6) is 11.3. The van der Waals surface area contributed by atoms with Crippen LogP contribution in [0.3, 0.4) is 0 Å². The Kier molecular flexibility index (Phi) is 11.2. The van der Waals surface area contributed by atoms with E-state index < -0.39 is 13.3 Å². The molecule has 5 aromatic carbocycles. The molecule has 2 aromatic heterocycles. The van der Waals surface area contributed by atoms with Crippen molar-refractivity contribution in [2.24, 2.45) is 0 Å². The Bertz CT molecular complexity index is 2280. The predicted molar refractivity (Wildman–Crippen MR) is 212 cm³/mol. The second-order valence-corrected chi connectivity index (χ2v) is 25.2. The molecule has 52 heavy (non-hydrogen) atoms. The first kappa shape index (κ1) is 37.3. The number of para-hydroxylation sites is 5. The zero-order valence-corrected chi connectivity index (χ0v) is 35.2. The third-order valence-corrected chi connectivity index (χ3v) is 13.4. The van der Waals surface area contributed by atoms with Gasteiger partial charge >= 0.3 is 99.8 Å². The van der Waals surface area contributed by atoms with Crippen LogP contribution in [0.2, 0.25) is 17.3 Å². The summed E-state index contributed by atoms with van der Waals surface area (Å²) in [5, 5.41) is 0. The van der Waals surface area contributed by atoms with Crippen molar-refractivity contribution in [3.8, 4) is 51.3 Å². The number of imidazole rings is 1. The molecule has 7 heteroatoms. The predicted octanol–water partition coefficient (Wildman–Crippen LogP) is 11.7. The van der Waals surface area contributed by atoms with Crippen molar-refractivity contribution in [2.75, 3.05) is 0 Å². The number of aromatic nitrogens is 3. The zero-order valence-electron chi connectivity index (χ0n) is 30.7. The van der Waals surface area contributed by atoms with Gasteiger partial charge in [0.2, 0.25) is 0 Å². The molecule has 8 rings (SSSR count). The second kappa shape index (κ2) is 15.6. The topological polar surface area (TPSA) is 49.2 Å². The van der Waals surface area contributed by atoms with E-state index in [1.54, 1.807) is 0 Å². The fraction of sp³-hybridized carbons (Fsp3) is 0.200. The first-order valence-electron chi connectivity index (χ1n) is 17.6. The first-order chi connectivity index (χ1) is 24.6. The van der Waals surface area contributed by atoms with Crippen LogP contribution >= 0.6 is 0 Å². The molecular formula is C45H43GeIrN3O2-2. The summed E-state index contributed by atoms with van der Waals surface area (Å²) in [7, 11) is 0. The maximum atomic E-state index is 6.40. The summed E-state index contributed by atoms with van der Waals surface area (Å²) in [6, 6.07) is 45.3. The molecular weight excluding hydrogens is 879 g/mol. The van der Waals surface area contributed by atoms with Crippen LogP contribution in [0, 0.1) is 12.1 Å². The Morgan fingerprint density at radius 2 is 1.33 bits per heavy atom. The molecule has 0 saturated carbocycles. The van der Waals surface area contributed by atoms with Crippen LogP contribution in [-0.2, 0) is 20.1 Å². The van der Waals surface area contributed by atoms with Crippen molar-refractivity contribution in [3.63, 3.8) is 0 Å². The molecule has 0 fully saturated rings. The van der Waals surface area contributed by atoms with E-state index >= 15 is 0 Å². The van der Waals surface area contributed by atoms with E-state index in [1.165, 1.54) is 21.2 Å². The molecule has 5 nitrogen and oxygen atoms in total. The Hall–Kier alpha value is -4.49. The molecule has 1 aliphatic heterocycles. The number of rotatable bonds is 6. The van der Waals surface area contributed by atoms with Crippen LogP contribution in [-0.4, -0.2) is 27.8 Å². The maximum Gasteiger partial charge on any atom is 0 e. The minimum absolute atomic E-state index is 0. The summed E-state index contributed by atoms with van der Waals surface area (Å²) < 4.78 is 16.3. The summed E-state index contributed by atoms with van der Waals surface area (Å²) in [4.78, 5) is 9.65. The van der Waals surface area contributed by atoms with Gasteiger partial charge in [-0.05, 0) is 47.2 Å². The van der Waals surface area contributed by atoms with Crippen LogP contribution in [0.5, 0.6) is 23.0 Å². The number of nitrogens with zero attached hydrogens (tertiary/aromatic N) is 3. The van der Waals surface area contributed by atoms with E-state index in [4.69, 9.17) is 14.5 Å². The minimum Gasteiger partial charge on any atom is 0 e. The summed E-state index contributed by atoms with van der Waals surface area (Å²) in [6.45, 7) is 8.97. The zero-order chi connectivity index (χ0) is 35.7. The molecule has 0 aliphatic carbocycles. The largest absolute Gasteiger partial charge is 0 e. The Labute approximate surface area is 323 Å². The van der Waals surface area contributed by atoms with Gasteiger partial charge in [-0.25, -0.2) is 0 Å².